The Morgan fingerprint density at radius 2 is 2.00 bits per heavy atom. The summed E-state index contributed by atoms with van der Waals surface area (Å²) in [5.41, 5.74) is 8.66. The molecular formula is C9H4Br2FN3. The third-order valence-electron chi connectivity index (χ3n) is 1.43. The van der Waals surface area contributed by atoms with E-state index in [2.05, 4.69) is 53.7 Å². The molecule has 0 aliphatic heterocycles. The van der Waals surface area contributed by atoms with Crippen LogP contribution in [-0.2, 0) is 0 Å². The van der Waals surface area contributed by atoms with E-state index < -0.39 is 0 Å². The molecule has 0 atom stereocenters. The van der Waals surface area contributed by atoms with E-state index in [1.165, 1.54) is 12.1 Å². The monoisotopic (exact) mass is 331 g/mol. The van der Waals surface area contributed by atoms with Gasteiger partial charge in [-0.25, -0.2) is 4.39 Å². The van der Waals surface area contributed by atoms with Crippen LogP contribution in [0.1, 0.15) is 5.56 Å². The third-order valence-corrected chi connectivity index (χ3v) is 2.68. The van der Waals surface area contributed by atoms with Crippen LogP contribution in [0, 0.1) is 17.7 Å². The second-order valence-electron chi connectivity index (χ2n) is 2.44. The summed E-state index contributed by atoms with van der Waals surface area (Å²) in [6.45, 7) is 0.0900. The van der Waals surface area contributed by atoms with Gasteiger partial charge in [0.2, 0.25) is 0 Å². The van der Waals surface area contributed by atoms with Gasteiger partial charge in [-0.05, 0) is 49.5 Å². The molecule has 0 unspecified atom stereocenters. The van der Waals surface area contributed by atoms with E-state index in [1.54, 1.807) is 0 Å². The summed E-state index contributed by atoms with van der Waals surface area (Å²) in [7, 11) is 0. The Morgan fingerprint density at radius 3 is 2.53 bits per heavy atom. The van der Waals surface area contributed by atoms with Crippen molar-refractivity contribution in [2.75, 3.05) is 6.54 Å². The molecule has 0 spiro atoms. The van der Waals surface area contributed by atoms with Gasteiger partial charge in [0.1, 0.15) is 5.82 Å². The largest absolute Gasteiger partial charge is 0.207 e. The second-order valence-corrected chi connectivity index (χ2v) is 4.14. The highest BCUT2D eigenvalue weighted by molar-refractivity contribution is 9.11. The lowest BCUT2D eigenvalue weighted by Gasteiger charge is -1.99. The Balaban J connectivity index is 3.02. The van der Waals surface area contributed by atoms with Crippen molar-refractivity contribution in [3.63, 3.8) is 0 Å². The predicted molar refractivity (Wildman–Crippen MR) is 62.7 cm³/mol. The molecule has 0 saturated carbocycles. The molecule has 3 nitrogen and oxygen atoms in total. The van der Waals surface area contributed by atoms with Gasteiger partial charge in [0, 0.05) is 13.9 Å². The molecule has 0 N–H and O–H groups in total. The van der Waals surface area contributed by atoms with Crippen LogP contribution in [0.3, 0.4) is 0 Å². The smallest absolute Gasteiger partial charge is 0.125 e. The number of benzene rings is 1. The Morgan fingerprint density at radius 1 is 1.40 bits per heavy atom. The standard InChI is InChI=1S/C9H4Br2FN3/c10-8-4-6(12)5-9(11)7(8)2-1-3-14-15-13/h4-5H,3H2. The Bertz CT molecular complexity index is 461. The van der Waals surface area contributed by atoms with Crippen LogP contribution in [0.2, 0.25) is 0 Å². The minimum Gasteiger partial charge on any atom is -0.207 e. The van der Waals surface area contributed by atoms with Crippen LogP contribution in [0.4, 0.5) is 4.39 Å². The summed E-state index contributed by atoms with van der Waals surface area (Å²) in [4.78, 5) is 2.56. The van der Waals surface area contributed by atoms with Crippen molar-refractivity contribution in [3.05, 3.63) is 42.9 Å². The van der Waals surface area contributed by atoms with E-state index >= 15 is 0 Å². The average Bonchev–Trinajstić information content (AvgIpc) is 2.15. The van der Waals surface area contributed by atoms with Gasteiger partial charge in [0.15, 0.2) is 0 Å². The summed E-state index contributed by atoms with van der Waals surface area (Å²) in [5.74, 6) is 5.07. The molecule has 15 heavy (non-hydrogen) atoms. The molecule has 0 aliphatic rings. The van der Waals surface area contributed by atoms with Gasteiger partial charge in [0.25, 0.3) is 0 Å². The van der Waals surface area contributed by atoms with Crippen LogP contribution >= 0.6 is 31.9 Å². The summed E-state index contributed by atoms with van der Waals surface area (Å²) in [5, 5.41) is 3.27. The Kier molecular flexibility index (Phi) is 4.63. The lowest BCUT2D eigenvalue weighted by Crippen LogP contribution is -1.84. The predicted octanol–water partition coefficient (Wildman–Crippen LogP) is 4.01. The molecule has 0 amide bonds. The average molecular weight is 333 g/mol. The number of halogens is 3. The van der Waals surface area contributed by atoms with Gasteiger partial charge in [0.05, 0.1) is 12.1 Å². The molecule has 1 aromatic rings. The fraction of sp³-hybridized carbons (Fsp3) is 0.111. The molecule has 0 fully saturated rings. The van der Waals surface area contributed by atoms with Gasteiger partial charge in [-0.15, -0.1) is 0 Å². The summed E-state index contributed by atoms with van der Waals surface area (Å²) < 4.78 is 14.0. The fourth-order valence-corrected chi connectivity index (χ4v) is 2.19. The summed E-state index contributed by atoms with van der Waals surface area (Å²) in [6.07, 6.45) is 0. The van der Waals surface area contributed by atoms with Crippen molar-refractivity contribution in [2.24, 2.45) is 5.11 Å². The second kappa shape index (κ2) is 5.76. The number of azide groups is 1. The zero-order valence-corrected chi connectivity index (χ0v) is 10.5. The van der Waals surface area contributed by atoms with E-state index in [0.29, 0.717) is 14.5 Å². The quantitative estimate of drug-likeness (QED) is 0.323. The molecule has 0 aliphatic carbocycles. The third kappa shape index (κ3) is 3.56. The minimum absolute atomic E-state index is 0.0900. The van der Waals surface area contributed by atoms with Gasteiger partial charge in [-0.3, -0.25) is 0 Å². The molecule has 0 saturated heterocycles. The first-order valence-corrected chi connectivity index (χ1v) is 5.38. The van der Waals surface area contributed by atoms with Crippen LogP contribution in [0.15, 0.2) is 26.2 Å². The zero-order valence-electron chi connectivity index (χ0n) is 7.34. The van der Waals surface area contributed by atoms with Crippen molar-refractivity contribution in [1.29, 1.82) is 0 Å². The molecule has 76 valence electrons. The number of rotatable bonds is 1. The van der Waals surface area contributed by atoms with Gasteiger partial charge in [-0.2, -0.15) is 0 Å². The van der Waals surface area contributed by atoms with Crippen LogP contribution in [-0.4, -0.2) is 6.54 Å². The highest BCUT2D eigenvalue weighted by atomic mass is 79.9. The Labute approximate surface area is 103 Å². The van der Waals surface area contributed by atoms with Crippen LogP contribution in [0.25, 0.3) is 10.4 Å². The maximum atomic E-state index is 12.9. The lowest BCUT2D eigenvalue weighted by molar-refractivity contribution is 0.626. The number of hydrogen-bond acceptors (Lipinski definition) is 1. The fourth-order valence-electron chi connectivity index (χ4n) is 0.857. The normalized spacial score (nSPS) is 8.73. The number of nitrogens with zero attached hydrogens (tertiary/aromatic N) is 3. The first-order valence-electron chi connectivity index (χ1n) is 3.79. The summed E-state index contributed by atoms with van der Waals surface area (Å²) in [6, 6.07) is 2.64. The van der Waals surface area contributed by atoms with Crippen molar-refractivity contribution in [1.82, 2.24) is 0 Å². The maximum Gasteiger partial charge on any atom is 0.125 e. The lowest BCUT2D eigenvalue weighted by atomic mass is 10.2. The van der Waals surface area contributed by atoms with Crippen LogP contribution in [0.5, 0.6) is 0 Å². The summed E-state index contributed by atoms with van der Waals surface area (Å²) >= 11 is 6.38. The van der Waals surface area contributed by atoms with Crippen molar-refractivity contribution in [3.8, 4) is 11.8 Å². The van der Waals surface area contributed by atoms with E-state index in [-0.39, 0.29) is 12.4 Å². The van der Waals surface area contributed by atoms with Crippen molar-refractivity contribution < 1.29 is 4.39 Å². The molecule has 0 heterocycles. The molecule has 1 rings (SSSR count). The van der Waals surface area contributed by atoms with Gasteiger partial charge in [-0.1, -0.05) is 17.0 Å². The molecule has 0 radical (unpaired) electrons. The maximum absolute atomic E-state index is 12.9. The van der Waals surface area contributed by atoms with E-state index in [4.69, 9.17) is 5.53 Å². The highest BCUT2D eigenvalue weighted by Crippen LogP contribution is 2.25. The van der Waals surface area contributed by atoms with Crippen LogP contribution < -0.4 is 0 Å². The molecule has 1 aromatic carbocycles. The first-order chi connectivity index (χ1) is 7.15. The molecule has 6 heteroatoms. The van der Waals surface area contributed by atoms with Gasteiger partial charge >= 0.3 is 0 Å². The first kappa shape index (κ1) is 12.1. The van der Waals surface area contributed by atoms with Crippen molar-refractivity contribution in [2.45, 2.75) is 0 Å². The minimum atomic E-state index is -0.352. The van der Waals surface area contributed by atoms with E-state index in [0.717, 1.165) is 0 Å². The van der Waals surface area contributed by atoms with Crippen molar-refractivity contribution >= 4 is 31.9 Å². The zero-order chi connectivity index (χ0) is 11.3. The highest BCUT2D eigenvalue weighted by Gasteiger charge is 2.04. The van der Waals surface area contributed by atoms with Gasteiger partial charge < -0.3 is 0 Å². The SMILES string of the molecule is [N-]=[N+]=NCC#Cc1c(Br)cc(F)cc1Br. The topological polar surface area (TPSA) is 48.8 Å². The Hall–Kier alpha value is -1.02. The van der Waals surface area contributed by atoms with E-state index in [1.807, 2.05) is 0 Å². The molecule has 0 aromatic heterocycles. The number of hydrogen-bond donors (Lipinski definition) is 0. The van der Waals surface area contributed by atoms with E-state index in [9.17, 15) is 4.39 Å². The molecular weight excluding hydrogens is 329 g/mol. The molecule has 0 bridgehead atoms.